The van der Waals surface area contributed by atoms with E-state index in [1.807, 2.05) is 24.5 Å². The molecule has 0 N–H and O–H groups in total. The number of carbonyl (C=O) groups is 1. The summed E-state index contributed by atoms with van der Waals surface area (Å²) in [4.78, 5) is 18.4. The maximum atomic E-state index is 11.5. The number of methoxy groups -OCH3 is 1. The first kappa shape index (κ1) is 20.3. The van der Waals surface area contributed by atoms with Crippen LogP contribution in [0.2, 0.25) is 0 Å². The fraction of sp³-hybridized carbons (Fsp3) is 0.478. The zero-order valence-corrected chi connectivity index (χ0v) is 16.9. The molecule has 1 aliphatic heterocycles. The third kappa shape index (κ3) is 5.32. The Balaban J connectivity index is 1.47. The number of aromatic nitrogens is 1. The summed E-state index contributed by atoms with van der Waals surface area (Å²) in [5.74, 6) is 1.33. The summed E-state index contributed by atoms with van der Waals surface area (Å²) in [6.07, 6.45) is 9.68. The molecular weight excluding hydrogens is 352 g/mol. The number of Topliss-reactive ketones (excluding diaryl/α,β-unsaturated/α-hetero) is 1. The molecule has 5 nitrogen and oxygen atoms in total. The average molecular weight is 383 g/mol. The molecule has 0 radical (unpaired) electrons. The van der Waals surface area contributed by atoms with Gasteiger partial charge in [0.05, 0.1) is 13.7 Å². The van der Waals surface area contributed by atoms with Crippen molar-refractivity contribution in [1.82, 2.24) is 9.88 Å². The lowest BCUT2D eigenvalue weighted by Gasteiger charge is -2.35. The van der Waals surface area contributed by atoms with Gasteiger partial charge in [0, 0.05) is 24.0 Å². The van der Waals surface area contributed by atoms with Gasteiger partial charge in [-0.3, -0.25) is 14.7 Å². The minimum Gasteiger partial charge on any atom is -0.493 e. The number of rotatable bonds is 9. The fourth-order valence-electron chi connectivity index (χ4n) is 3.81. The summed E-state index contributed by atoms with van der Waals surface area (Å²) in [7, 11) is 1.60. The van der Waals surface area contributed by atoms with Crippen LogP contribution in [0.15, 0.2) is 42.7 Å². The molecule has 1 atom stereocenters. The van der Waals surface area contributed by atoms with Crippen LogP contribution in [0.25, 0.3) is 0 Å². The Morgan fingerprint density at radius 3 is 2.86 bits per heavy atom. The number of piperidine rings is 1. The molecule has 2 heterocycles. The third-order valence-corrected chi connectivity index (χ3v) is 5.35. The Labute approximate surface area is 167 Å². The zero-order valence-electron chi connectivity index (χ0n) is 16.9. The van der Waals surface area contributed by atoms with Crippen LogP contribution in [-0.2, 0) is 0 Å². The number of nitrogens with zero attached hydrogens (tertiary/aromatic N) is 2. The molecule has 1 aromatic heterocycles. The van der Waals surface area contributed by atoms with Crippen molar-refractivity contribution in [3.8, 4) is 11.5 Å². The van der Waals surface area contributed by atoms with Crippen molar-refractivity contribution < 1.29 is 14.3 Å². The number of carbonyl (C=O) groups excluding carboxylic acids is 1. The largest absolute Gasteiger partial charge is 0.493 e. The molecule has 1 aromatic carbocycles. The summed E-state index contributed by atoms with van der Waals surface area (Å²) < 4.78 is 11.3. The second kappa shape index (κ2) is 10.2. The van der Waals surface area contributed by atoms with Crippen LogP contribution in [0.5, 0.6) is 11.5 Å². The van der Waals surface area contributed by atoms with Gasteiger partial charge in [0.2, 0.25) is 0 Å². The number of unbranched alkanes of at least 4 members (excludes halogenated alkanes) is 1. The molecule has 1 aliphatic rings. The number of benzene rings is 1. The molecular formula is C23H30N2O3. The molecule has 1 saturated heterocycles. The van der Waals surface area contributed by atoms with E-state index < -0.39 is 0 Å². The van der Waals surface area contributed by atoms with E-state index in [1.54, 1.807) is 26.2 Å². The fourth-order valence-corrected chi connectivity index (χ4v) is 3.81. The van der Waals surface area contributed by atoms with Crippen LogP contribution >= 0.6 is 0 Å². The second-order valence-corrected chi connectivity index (χ2v) is 7.31. The maximum absolute atomic E-state index is 11.5. The number of likely N-dealkylation sites (tertiary alicyclic amines) is 1. The van der Waals surface area contributed by atoms with E-state index in [9.17, 15) is 4.79 Å². The van der Waals surface area contributed by atoms with Gasteiger partial charge in [0.1, 0.15) is 0 Å². The number of hydrogen-bond donors (Lipinski definition) is 0. The molecule has 0 amide bonds. The van der Waals surface area contributed by atoms with Gasteiger partial charge in [-0.2, -0.15) is 0 Å². The molecule has 5 heteroatoms. The molecule has 150 valence electrons. The predicted molar refractivity (Wildman–Crippen MR) is 110 cm³/mol. The van der Waals surface area contributed by atoms with Crippen LogP contribution in [0, 0.1) is 0 Å². The van der Waals surface area contributed by atoms with Crippen LogP contribution < -0.4 is 9.47 Å². The number of hydrogen-bond acceptors (Lipinski definition) is 5. The normalized spacial score (nSPS) is 17.3. The van der Waals surface area contributed by atoms with Gasteiger partial charge in [0.15, 0.2) is 17.3 Å². The van der Waals surface area contributed by atoms with Crippen LogP contribution in [-0.4, -0.2) is 42.5 Å². The SMILES string of the molecule is COc1cc(C(C)=O)ccc1OCCCCN1CCCC[C@H]1c1cccnc1. The molecule has 2 aromatic rings. The first-order valence-electron chi connectivity index (χ1n) is 10.1. The van der Waals surface area contributed by atoms with Crippen LogP contribution in [0.1, 0.15) is 61.0 Å². The van der Waals surface area contributed by atoms with Crippen LogP contribution in [0.3, 0.4) is 0 Å². The first-order chi connectivity index (χ1) is 13.7. The molecule has 1 fully saturated rings. The Morgan fingerprint density at radius 1 is 1.21 bits per heavy atom. The summed E-state index contributed by atoms with van der Waals surface area (Å²) in [6, 6.07) is 10.0. The van der Waals surface area contributed by atoms with Gasteiger partial charge in [-0.25, -0.2) is 0 Å². The van der Waals surface area contributed by atoms with Crippen molar-refractivity contribution in [2.24, 2.45) is 0 Å². The Hall–Kier alpha value is -2.40. The van der Waals surface area contributed by atoms with Gasteiger partial charge in [0.25, 0.3) is 0 Å². The van der Waals surface area contributed by atoms with Gasteiger partial charge in [-0.15, -0.1) is 0 Å². The van der Waals surface area contributed by atoms with Gasteiger partial charge in [-0.05, 0) is 75.5 Å². The monoisotopic (exact) mass is 382 g/mol. The van der Waals surface area contributed by atoms with Gasteiger partial charge in [-0.1, -0.05) is 12.5 Å². The van der Waals surface area contributed by atoms with E-state index in [2.05, 4.69) is 16.0 Å². The van der Waals surface area contributed by atoms with Crippen molar-refractivity contribution in [3.63, 3.8) is 0 Å². The first-order valence-corrected chi connectivity index (χ1v) is 10.1. The van der Waals surface area contributed by atoms with E-state index in [-0.39, 0.29) is 5.78 Å². The highest BCUT2D eigenvalue weighted by molar-refractivity contribution is 5.94. The summed E-state index contributed by atoms with van der Waals surface area (Å²) >= 11 is 0. The quantitative estimate of drug-likeness (QED) is 0.466. The summed E-state index contributed by atoms with van der Waals surface area (Å²) in [5, 5.41) is 0. The zero-order chi connectivity index (χ0) is 19.8. The highest BCUT2D eigenvalue weighted by Crippen LogP contribution is 2.31. The standard InChI is InChI=1S/C23H30N2O3/c1-18(26)19-10-11-22(23(16-19)27-2)28-15-6-5-14-25-13-4-3-9-21(25)20-8-7-12-24-17-20/h7-8,10-12,16-17,21H,3-6,9,13-15H2,1-2H3/t21-/m0/s1. The maximum Gasteiger partial charge on any atom is 0.161 e. The molecule has 0 aliphatic carbocycles. The topological polar surface area (TPSA) is 51.7 Å². The highest BCUT2D eigenvalue weighted by atomic mass is 16.5. The number of ether oxygens (including phenoxy) is 2. The molecule has 3 rings (SSSR count). The second-order valence-electron chi connectivity index (χ2n) is 7.31. The van der Waals surface area contributed by atoms with E-state index in [0.29, 0.717) is 29.7 Å². The molecule has 0 spiro atoms. The third-order valence-electron chi connectivity index (χ3n) is 5.35. The minimum atomic E-state index is 0.0227. The van der Waals surface area contributed by atoms with Crippen molar-refractivity contribution in [2.75, 3.05) is 26.8 Å². The molecule has 0 bridgehead atoms. The lowest BCUT2D eigenvalue weighted by atomic mass is 9.96. The minimum absolute atomic E-state index is 0.0227. The van der Waals surface area contributed by atoms with E-state index in [1.165, 1.54) is 24.8 Å². The summed E-state index contributed by atoms with van der Waals surface area (Å²) in [6.45, 7) is 4.42. The highest BCUT2D eigenvalue weighted by Gasteiger charge is 2.23. The Bertz CT molecular complexity index is 764. The smallest absolute Gasteiger partial charge is 0.161 e. The lowest BCUT2D eigenvalue weighted by molar-refractivity contribution is 0.101. The van der Waals surface area contributed by atoms with Crippen molar-refractivity contribution in [1.29, 1.82) is 0 Å². The van der Waals surface area contributed by atoms with E-state index in [0.717, 1.165) is 25.9 Å². The van der Waals surface area contributed by atoms with E-state index in [4.69, 9.17) is 9.47 Å². The van der Waals surface area contributed by atoms with Crippen molar-refractivity contribution in [2.45, 2.75) is 45.1 Å². The van der Waals surface area contributed by atoms with E-state index >= 15 is 0 Å². The van der Waals surface area contributed by atoms with Crippen LogP contribution in [0.4, 0.5) is 0 Å². The van der Waals surface area contributed by atoms with Crippen molar-refractivity contribution >= 4 is 5.78 Å². The molecule has 0 saturated carbocycles. The van der Waals surface area contributed by atoms with Crippen molar-refractivity contribution in [3.05, 3.63) is 53.9 Å². The molecule has 28 heavy (non-hydrogen) atoms. The Morgan fingerprint density at radius 2 is 2.11 bits per heavy atom. The number of pyridine rings is 1. The van der Waals surface area contributed by atoms with Gasteiger partial charge < -0.3 is 9.47 Å². The predicted octanol–water partition coefficient (Wildman–Crippen LogP) is 4.68. The average Bonchev–Trinajstić information content (AvgIpc) is 2.74. The number of ketones is 1. The summed E-state index contributed by atoms with van der Waals surface area (Å²) in [5.41, 5.74) is 1.96. The van der Waals surface area contributed by atoms with Gasteiger partial charge >= 0.3 is 0 Å². The lowest BCUT2D eigenvalue weighted by Crippen LogP contribution is -2.34. The molecule has 0 unspecified atom stereocenters. The Kier molecular flexibility index (Phi) is 7.43.